The van der Waals surface area contributed by atoms with Crippen LogP contribution in [0, 0.1) is 0 Å². The molecule has 0 aliphatic rings. The molecule has 170 valence electrons. The normalized spacial score (nSPS) is 10.3. The number of benzene rings is 2. The molecule has 0 bridgehead atoms. The van der Waals surface area contributed by atoms with E-state index in [1.165, 1.54) is 13.2 Å². The van der Waals surface area contributed by atoms with Crippen LogP contribution < -0.4 is 20.1 Å². The number of aromatic nitrogens is 2. The second-order valence-electron chi connectivity index (χ2n) is 7.20. The van der Waals surface area contributed by atoms with Crippen LogP contribution in [0.25, 0.3) is 11.1 Å². The maximum Gasteiger partial charge on any atom is 0.274 e. The minimum atomic E-state index is -0.320. The van der Waals surface area contributed by atoms with Crippen LogP contribution in [0.4, 0.5) is 5.69 Å². The van der Waals surface area contributed by atoms with Gasteiger partial charge in [-0.3, -0.25) is 19.6 Å². The summed E-state index contributed by atoms with van der Waals surface area (Å²) in [6, 6.07) is 21.2. The first-order chi connectivity index (χ1) is 16.6. The number of hydrogen-bond donors (Lipinski definition) is 2. The molecule has 0 aliphatic carbocycles. The van der Waals surface area contributed by atoms with Crippen LogP contribution in [-0.2, 0) is 0 Å². The van der Waals surface area contributed by atoms with Gasteiger partial charge in [0, 0.05) is 36.8 Å². The van der Waals surface area contributed by atoms with E-state index in [4.69, 9.17) is 9.47 Å². The number of methoxy groups -OCH3 is 1. The van der Waals surface area contributed by atoms with Gasteiger partial charge < -0.3 is 20.1 Å². The Labute approximate surface area is 196 Å². The number of nitrogens with one attached hydrogen (secondary N) is 2. The summed E-state index contributed by atoms with van der Waals surface area (Å²) in [6.07, 6.45) is 3.16. The quantitative estimate of drug-likeness (QED) is 0.425. The predicted octanol–water partition coefficient (Wildman–Crippen LogP) is 4.56. The second-order valence-corrected chi connectivity index (χ2v) is 7.20. The zero-order valence-corrected chi connectivity index (χ0v) is 18.6. The molecule has 0 saturated carbocycles. The van der Waals surface area contributed by atoms with Crippen LogP contribution in [0.1, 0.15) is 21.0 Å². The first kappa shape index (κ1) is 22.5. The highest BCUT2D eigenvalue weighted by Gasteiger charge is 2.10. The summed E-state index contributed by atoms with van der Waals surface area (Å²) in [5, 5.41) is 5.34. The monoisotopic (exact) mass is 454 g/mol. The zero-order valence-electron chi connectivity index (χ0n) is 18.6. The van der Waals surface area contributed by atoms with E-state index in [-0.39, 0.29) is 17.5 Å². The first-order valence-corrected chi connectivity index (χ1v) is 10.4. The Morgan fingerprint density at radius 3 is 2.09 bits per heavy atom. The lowest BCUT2D eigenvalue weighted by Gasteiger charge is -2.09. The number of ether oxygens (including phenoxy) is 2. The molecule has 0 spiro atoms. The van der Waals surface area contributed by atoms with Crippen molar-refractivity contribution >= 4 is 17.5 Å². The van der Waals surface area contributed by atoms with Crippen molar-refractivity contribution in [2.45, 2.75) is 0 Å². The Kier molecular flexibility index (Phi) is 6.78. The zero-order chi connectivity index (χ0) is 23.9. The van der Waals surface area contributed by atoms with Crippen LogP contribution in [0.3, 0.4) is 0 Å². The van der Waals surface area contributed by atoms with Crippen molar-refractivity contribution in [2.24, 2.45) is 0 Å². The van der Waals surface area contributed by atoms with E-state index in [1.54, 1.807) is 55.8 Å². The summed E-state index contributed by atoms with van der Waals surface area (Å²) in [4.78, 5) is 32.6. The van der Waals surface area contributed by atoms with E-state index in [0.717, 1.165) is 16.9 Å². The van der Waals surface area contributed by atoms with Crippen molar-refractivity contribution in [3.05, 3.63) is 96.6 Å². The van der Waals surface area contributed by atoms with Gasteiger partial charge in [0.25, 0.3) is 11.8 Å². The van der Waals surface area contributed by atoms with Crippen molar-refractivity contribution in [1.29, 1.82) is 0 Å². The highest BCUT2D eigenvalue weighted by atomic mass is 16.5. The van der Waals surface area contributed by atoms with Gasteiger partial charge in [0.05, 0.1) is 7.11 Å². The van der Waals surface area contributed by atoms with Gasteiger partial charge in [-0.2, -0.15) is 0 Å². The smallest absolute Gasteiger partial charge is 0.274 e. The van der Waals surface area contributed by atoms with Crippen molar-refractivity contribution in [3.63, 3.8) is 0 Å². The summed E-state index contributed by atoms with van der Waals surface area (Å²) in [6.45, 7) is 0. The summed E-state index contributed by atoms with van der Waals surface area (Å²) >= 11 is 0. The summed E-state index contributed by atoms with van der Waals surface area (Å²) in [7, 11) is 3.16. The Morgan fingerprint density at radius 2 is 1.44 bits per heavy atom. The van der Waals surface area contributed by atoms with E-state index < -0.39 is 0 Å². The van der Waals surface area contributed by atoms with Gasteiger partial charge in [0.15, 0.2) is 0 Å². The van der Waals surface area contributed by atoms with Crippen LogP contribution in [0.15, 0.2) is 85.2 Å². The molecule has 2 aromatic carbocycles. The van der Waals surface area contributed by atoms with Gasteiger partial charge in [-0.05, 0) is 54.1 Å². The topological polar surface area (TPSA) is 102 Å². The van der Waals surface area contributed by atoms with E-state index in [9.17, 15) is 9.59 Å². The van der Waals surface area contributed by atoms with Crippen LogP contribution >= 0.6 is 0 Å². The van der Waals surface area contributed by atoms with E-state index in [1.807, 2.05) is 30.3 Å². The van der Waals surface area contributed by atoms with Crippen molar-refractivity contribution < 1.29 is 19.1 Å². The summed E-state index contributed by atoms with van der Waals surface area (Å²) < 4.78 is 10.9. The number of carbonyl (C=O) groups is 2. The van der Waals surface area contributed by atoms with Gasteiger partial charge in [0.1, 0.15) is 28.6 Å². The second kappa shape index (κ2) is 10.3. The highest BCUT2D eigenvalue weighted by molar-refractivity contribution is 6.03. The SMILES string of the molecule is CNC(=O)c1cc(Oc2ccc(NC(=O)c3ccc(-c4ccc(OC)cc4)cn3)cc2)ccn1. The molecule has 2 aromatic heterocycles. The van der Waals surface area contributed by atoms with Crippen molar-refractivity contribution in [3.8, 4) is 28.4 Å². The number of rotatable bonds is 7. The maximum absolute atomic E-state index is 12.6. The lowest BCUT2D eigenvalue weighted by Crippen LogP contribution is -2.18. The average Bonchev–Trinajstić information content (AvgIpc) is 2.89. The summed E-state index contributed by atoms with van der Waals surface area (Å²) in [5.41, 5.74) is 3.04. The molecule has 34 heavy (non-hydrogen) atoms. The Balaban J connectivity index is 1.38. The molecule has 2 amide bonds. The summed E-state index contributed by atoms with van der Waals surface area (Å²) in [5.74, 6) is 1.19. The Hall–Kier alpha value is -4.72. The molecular weight excluding hydrogens is 432 g/mol. The van der Waals surface area contributed by atoms with Gasteiger partial charge in [-0.15, -0.1) is 0 Å². The molecule has 0 saturated heterocycles. The molecule has 8 nitrogen and oxygen atoms in total. The molecule has 0 fully saturated rings. The average molecular weight is 454 g/mol. The molecule has 0 radical (unpaired) electrons. The third-order valence-corrected chi connectivity index (χ3v) is 4.96. The lowest BCUT2D eigenvalue weighted by molar-refractivity contribution is 0.0957. The van der Waals surface area contributed by atoms with Crippen LogP contribution in [-0.4, -0.2) is 35.9 Å². The third kappa shape index (κ3) is 5.36. The number of carbonyl (C=O) groups excluding carboxylic acids is 2. The molecule has 0 atom stereocenters. The first-order valence-electron chi connectivity index (χ1n) is 10.4. The maximum atomic E-state index is 12.6. The predicted molar refractivity (Wildman–Crippen MR) is 128 cm³/mol. The van der Waals surface area contributed by atoms with Crippen LogP contribution in [0.2, 0.25) is 0 Å². The Morgan fingerprint density at radius 1 is 0.735 bits per heavy atom. The number of amides is 2. The van der Waals surface area contributed by atoms with Crippen molar-refractivity contribution in [1.82, 2.24) is 15.3 Å². The standard InChI is InChI=1S/C26H22N4O4/c1-27-25(31)24-15-22(13-14-28-24)34-21-10-6-19(7-11-21)30-26(32)23-12-5-18(16-29-23)17-3-8-20(33-2)9-4-17/h3-16H,1-2H3,(H,27,31)(H,30,32). The fraction of sp³-hybridized carbons (Fsp3) is 0.0769. The number of pyridine rings is 2. The highest BCUT2D eigenvalue weighted by Crippen LogP contribution is 2.24. The van der Waals surface area contributed by atoms with Gasteiger partial charge in [0.2, 0.25) is 0 Å². The van der Waals surface area contributed by atoms with Crippen LogP contribution in [0.5, 0.6) is 17.2 Å². The molecule has 4 aromatic rings. The van der Waals surface area contributed by atoms with Gasteiger partial charge in [-0.1, -0.05) is 18.2 Å². The molecule has 2 N–H and O–H groups in total. The van der Waals surface area contributed by atoms with E-state index >= 15 is 0 Å². The molecule has 0 aliphatic heterocycles. The number of hydrogen-bond acceptors (Lipinski definition) is 6. The fourth-order valence-corrected chi connectivity index (χ4v) is 3.15. The minimum absolute atomic E-state index is 0.259. The van der Waals surface area contributed by atoms with Crippen molar-refractivity contribution in [2.75, 3.05) is 19.5 Å². The molecular formula is C26H22N4O4. The Bertz CT molecular complexity index is 1290. The van der Waals surface area contributed by atoms with Gasteiger partial charge in [-0.25, -0.2) is 0 Å². The molecule has 2 heterocycles. The molecule has 0 unspecified atom stereocenters. The third-order valence-electron chi connectivity index (χ3n) is 4.96. The molecule has 4 rings (SSSR count). The lowest BCUT2D eigenvalue weighted by atomic mass is 10.1. The largest absolute Gasteiger partial charge is 0.497 e. The van der Waals surface area contributed by atoms with E-state index in [0.29, 0.717) is 22.9 Å². The molecule has 8 heteroatoms. The number of nitrogens with zero attached hydrogens (tertiary/aromatic N) is 2. The fourth-order valence-electron chi connectivity index (χ4n) is 3.15. The van der Waals surface area contributed by atoms with E-state index in [2.05, 4.69) is 20.6 Å². The minimum Gasteiger partial charge on any atom is -0.497 e. The van der Waals surface area contributed by atoms with Gasteiger partial charge >= 0.3 is 0 Å². The number of anilines is 1.